The minimum absolute atomic E-state index is 0.113. The number of carbonyl (C=O) groups excluding carboxylic acids is 2. The highest BCUT2D eigenvalue weighted by atomic mass is 16.3. The van der Waals surface area contributed by atoms with Crippen LogP contribution in [0.3, 0.4) is 0 Å². The Morgan fingerprint density at radius 3 is 2.77 bits per heavy atom. The number of carbonyl (C=O) groups is 2. The van der Waals surface area contributed by atoms with E-state index in [0.29, 0.717) is 17.0 Å². The predicted octanol–water partition coefficient (Wildman–Crippen LogP) is 1.67. The number of furan rings is 1. The Morgan fingerprint density at radius 2 is 2.09 bits per heavy atom. The maximum atomic E-state index is 11.8. The molecule has 6 nitrogen and oxygen atoms in total. The number of aryl methyl sites for hydroxylation is 1. The molecule has 116 valence electrons. The normalized spacial score (nSPS) is 10.3. The molecule has 2 rings (SSSR count). The number of hydrogen-bond donors (Lipinski definition) is 3. The zero-order valence-electron chi connectivity index (χ0n) is 12.4. The van der Waals surface area contributed by atoms with Crippen LogP contribution in [-0.4, -0.2) is 18.4 Å². The molecule has 2 amide bonds. The average Bonchev–Trinajstić information content (AvgIpc) is 3.02. The molecule has 4 N–H and O–H groups in total. The van der Waals surface area contributed by atoms with E-state index in [2.05, 4.69) is 10.6 Å². The highest BCUT2D eigenvalue weighted by Crippen LogP contribution is 2.11. The first kappa shape index (κ1) is 15.8. The third-order valence-electron chi connectivity index (χ3n) is 3.15. The van der Waals surface area contributed by atoms with E-state index in [9.17, 15) is 9.59 Å². The minimum Gasteiger partial charge on any atom is -0.467 e. The molecule has 0 unspecified atom stereocenters. The molecule has 0 atom stereocenters. The summed E-state index contributed by atoms with van der Waals surface area (Å²) in [6.07, 6.45) is 2.21. The maximum Gasteiger partial charge on any atom is 0.254 e. The Kier molecular flexibility index (Phi) is 5.32. The summed E-state index contributed by atoms with van der Waals surface area (Å²) in [5.41, 5.74) is 7.60. The molecule has 0 spiro atoms. The fourth-order valence-corrected chi connectivity index (χ4v) is 1.94. The van der Waals surface area contributed by atoms with Crippen LogP contribution >= 0.6 is 0 Å². The van der Waals surface area contributed by atoms with Crippen molar-refractivity contribution in [2.75, 3.05) is 11.9 Å². The van der Waals surface area contributed by atoms with Crippen LogP contribution in [0.25, 0.3) is 0 Å². The third-order valence-corrected chi connectivity index (χ3v) is 3.15. The van der Waals surface area contributed by atoms with E-state index in [1.54, 1.807) is 6.07 Å². The number of nitrogens with one attached hydrogen (secondary N) is 2. The monoisotopic (exact) mass is 301 g/mol. The Morgan fingerprint density at radius 1 is 1.27 bits per heavy atom. The lowest BCUT2D eigenvalue weighted by Gasteiger charge is -2.07. The molecule has 0 bridgehead atoms. The van der Waals surface area contributed by atoms with Crippen molar-refractivity contribution in [2.24, 2.45) is 5.73 Å². The van der Waals surface area contributed by atoms with Crippen molar-refractivity contribution in [1.82, 2.24) is 5.32 Å². The number of benzene rings is 1. The minimum atomic E-state index is -0.374. The van der Waals surface area contributed by atoms with Crippen molar-refractivity contribution < 1.29 is 14.0 Å². The summed E-state index contributed by atoms with van der Waals surface area (Å²) in [5.74, 6) is -0.143. The van der Waals surface area contributed by atoms with E-state index in [4.69, 9.17) is 10.2 Å². The van der Waals surface area contributed by atoms with Crippen LogP contribution in [0.15, 0.2) is 41.0 Å². The quantitative estimate of drug-likeness (QED) is 0.756. The smallest absolute Gasteiger partial charge is 0.254 e. The molecule has 1 aromatic carbocycles. The van der Waals surface area contributed by atoms with Crippen LogP contribution in [0.1, 0.15) is 28.6 Å². The van der Waals surface area contributed by atoms with Gasteiger partial charge in [-0.25, -0.2) is 0 Å². The fraction of sp³-hybridized carbons (Fsp3) is 0.250. The Bertz CT molecular complexity index is 664. The van der Waals surface area contributed by atoms with Crippen molar-refractivity contribution in [1.29, 1.82) is 0 Å². The first-order chi connectivity index (χ1) is 10.6. The van der Waals surface area contributed by atoms with Gasteiger partial charge in [-0.15, -0.1) is 0 Å². The predicted molar refractivity (Wildman–Crippen MR) is 83.4 cm³/mol. The third kappa shape index (κ3) is 4.20. The molecule has 0 saturated heterocycles. The first-order valence-electron chi connectivity index (χ1n) is 7.07. The maximum absolute atomic E-state index is 11.8. The van der Waals surface area contributed by atoms with Gasteiger partial charge in [-0.1, -0.05) is 19.1 Å². The lowest BCUT2D eigenvalue weighted by atomic mass is 10.1. The number of nitrogens with two attached hydrogens (primary N) is 1. The van der Waals surface area contributed by atoms with Crippen LogP contribution in [0.2, 0.25) is 0 Å². The van der Waals surface area contributed by atoms with Gasteiger partial charge >= 0.3 is 0 Å². The second-order valence-corrected chi connectivity index (χ2v) is 4.79. The van der Waals surface area contributed by atoms with E-state index >= 15 is 0 Å². The summed E-state index contributed by atoms with van der Waals surface area (Å²) in [7, 11) is 0. The summed E-state index contributed by atoms with van der Waals surface area (Å²) in [4.78, 5) is 23.7. The Balaban J connectivity index is 1.85. The van der Waals surface area contributed by atoms with Crippen LogP contribution in [0.5, 0.6) is 0 Å². The molecule has 0 saturated carbocycles. The highest BCUT2D eigenvalue weighted by Gasteiger charge is 2.11. The zero-order chi connectivity index (χ0) is 15.9. The molecular weight excluding hydrogens is 282 g/mol. The van der Waals surface area contributed by atoms with Crippen molar-refractivity contribution in [3.63, 3.8) is 0 Å². The summed E-state index contributed by atoms with van der Waals surface area (Å²) >= 11 is 0. The zero-order valence-corrected chi connectivity index (χ0v) is 12.4. The fourth-order valence-electron chi connectivity index (χ4n) is 1.94. The van der Waals surface area contributed by atoms with Gasteiger partial charge in [0.2, 0.25) is 5.91 Å². The van der Waals surface area contributed by atoms with Gasteiger partial charge < -0.3 is 20.8 Å². The van der Waals surface area contributed by atoms with Gasteiger partial charge in [-0.2, -0.15) is 0 Å². The van der Waals surface area contributed by atoms with Crippen LogP contribution in [0.4, 0.5) is 5.69 Å². The average molecular weight is 301 g/mol. The SMILES string of the molecule is CCc1cccc(NC(=O)CNC(=O)c2coc(CN)c2)c1. The molecule has 0 fully saturated rings. The molecule has 22 heavy (non-hydrogen) atoms. The highest BCUT2D eigenvalue weighted by molar-refractivity contribution is 5.99. The molecule has 2 aromatic rings. The van der Waals surface area contributed by atoms with Gasteiger partial charge in [-0.3, -0.25) is 9.59 Å². The van der Waals surface area contributed by atoms with E-state index in [0.717, 1.165) is 12.0 Å². The van der Waals surface area contributed by atoms with Crippen LogP contribution < -0.4 is 16.4 Å². The molecule has 1 aromatic heterocycles. The van der Waals surface area contributed by atoms with Gasteiger partial charge in [-0.05, 0) is 30.2 Å². The van der Waals surface area contributed by atoms with Gasteiger partial charge in [0.1, 0.15) is 12.0 Å². The van der Waals surface area contributed by atoms with Gasteiger partial charge in [0, 0.05) is 5.69 Å². The van der Waals surface area contributed by atoms with Crippen LogP contribution in [0, 0.1) is 0 Å². The lowest BCUT2D eigenvalue weighted by molar-refractivity contribution is -0.115. The van der Waals surface area contributed by atoms with Crippen molar-refractivity contribution >= 4 is 17.5 Å². The lowest BCUT2D eigenvalue weighted by Crippen LogP contribution is -2.32. The molecule has 6 heteroatoms. The number of amides is 2. The van der Waals surface area contributed by atoms with Gasteiger partial charge in [0.05, 0.1) is 18.7 Å². The van der Waals surface area contributed by atoms with Crippen LogP contribution in [-0.2, 0) is 17.8 Å². The Hall–Kier alpha value is -2.60. The molecule has 0 aliphatic carbocycles. The van der Waals surface area contributed by atoms with Gasteiger partial charge in [0.15, 0.2) is 0 Å². The van der Waals surface area contributed by atoms with Gasteiger partial charge in [0.25, 0.3) is 5.91 Å². The largest absolute Gasteiger partial charge is 0.467 e. The molecule has 0 aliphatic heterocycles. The standard InChI is InChI=1S/C16H19N3O3/c1-2-11-4-3-5-13(6-11)19-15(20)9-18-16(21)12-7-14(8-17)22-10-12/h3-7,10H,2,8-9,17H2,1H3,(H,18,21)(H,19,20). The Labute approximate surface area is 128 Å². The summed E-state index contributed by atoms with van der Waals surface area (Å²) < 4.78 is 5.08. The molecular formula is C16H19N3O3. The number of anilines is 1. The second kappa shape index (κ2) is 7.42. The number of rotatable bonds is 6. The van der Waals surface area contributed by atoms with Crippen molar-refractivity contribution in [3.05, 3.63) is 53.5 Å². The van der Waals surface area contributed by atoms with E-state index in [-0.39, 0.29) is 24.9 Å². The second-order valence-electron chi connectivity index (χ2n) is 4.79. The topological polar surface area (TPSA) is 97.4 Å². The first-order valence-corrected chi connectivity index (χ1v) is 7.07. The molecule has 0 radical (unpaired) electrons. The summed E-state index contributed by atoms with van der Waals surface area (Å²) in [5, 5.41) is 5.28. The van der Waals surface area contributed by atoms with Crippen molar-refractivity contribution in [2.45, 2.75) is 19.9 Å². The number of hydrogen-bond acceptors (Lipinski definition) is 4. The van der Waals surface area contributed by atoms with E-state index < -0.39 is 0 Å². The molecule has 1 heterocycles. The molecule has 0 aliphatic rings. The van der Waals surface area contributed by atoms with E-state index in [1.807, 2.05) is 31.2 Å². The van der Waals surface area contributed by atoms with Crippen molar-refractivity contribution in [3.8, 4) is 0 Å². The summed E-state index contributed by atoms with van der Waals surface area (Å²) in [6, 6.07) is 9.14. The van der Waals surface area contributed by atoms with E-state index in [1.165, 1.54) is 6.26 Å². The summed E-state index contributed by atoms with van der Waals surface area (Å²) in [6.45, 7) is 2.15.